The highest BCUT2D eigenvalue weighted by Gasteiger charge is 2.16. The monoisotopic (exact) mass is 277 g/mol. The van der Waals surface area contributed by atoms with Crippen molar-refractivity contribution in [1.29, 1.82) is 0 Å². The van der Waals surface area contributed by atoms with Gasteiger partial charge in [0.1, 0.15) is 0 Å². The molecule has 0 bridgehead atoms. The van der Waals surface area contributed by atoms with Crippen molar-refractivity contribution in [2.45, 2.75) is 33.4 Å². The average molecular weight is 277 g/mol. The summed E-state index contributed by atoms with van der Waals surface area (Å²) < 4.78 is 0. The van der Waals surface area contributed by atoms with E-state index in [1.807, 2.05) is 32.9 Å². The van der Waals surface area contributed by atoms with Crippen molar-refractivity contribution >= 4 is 11.8 Å². The first-order chi connectivity index (χ1) is 9.45. The molecule has 0 saturated carbocycles. The number of benzene rings is 1. The maximum atomic E-state index is 11.7. The van der Waals surface area contributed by atoms with Crippen molar-refractivity contribution in [3.05, 3.63) is 35.4 Å². The van der Waals surface area contributed by atoms with Crippen LogP contribution < -0.4 is 16.4 Å². The van der Waals surface area contributed by atoms with E-state index in [9.17, 15) is 9.59 Å². The molecule has 0 heterocycles. The minimum absolute atomic E-state index is 0.0927. The van der Waals surface area contributed by atoms with Crippen molar-refractivity contribution in [2.75, 3.05) is 6.54 Å². The van der Waals surface area contributed by atoms with E-state index in [4.69, 9.17) is 5.73 Å². The number of hydrogen-bond acceptors (Lipinski definition) is 3. The summed E-state index contributed by atoms with van der Waals surface area (Å²) in [4.78, 5) is 23.3. The van der Waals surface area contributed by atoms with Gasteiger partial charge in [0.2, 0.25) is 5.91 Å². The minimum atomic E-state index is -0.496. The SMILES string of the molecule is CCNC(=O)c1ccc(CNC(=O)[C@@H](N)C(C)C)cc1. The highest BCUT2D eigenvalue weighted by Crippen LogP contribution is 2.05. The lowest BCUT2D eigenvalue weighted by Crippen LogP contribution is -2.43. The highest BCUT2D eigenvalue weighted by atomic mass is 16.2. The van der Waals surface area contributed by atoms with Gasteiger partial charge in [0.05, 0.1) is 6.04 Å². The van der Waals surface area contributed by atoms with Crippen molar-refractivity contribution in [2.24, 2.45) is 11.7 Å². The van der Waals surface area contributed by atoms with Crippen molar-refractivity contribution in [1.82, 2.24) is 10.6 Å². The number of rotatable bonds is 6. The van der Waals surface area contributed by atoms with Crippen LogP contribution >= 0.6 is 0 Å². The lowest BCUT2D eigenvalue weighted by atomic mass is 10.0. The molecule has 1 atom stereocenters. The van der Waals surface area contributed by atoms with Gasteiger partial charge >= 0.3 is 0 Å². The zero-order chi connectivity index (χ0) is 15.1. The standard InChI is InChI=1S/C15H23N3O2/c1-4-17-14(19)12-7-5-11(6-8-12)9-18-15(20)13(16)10(2)3/h5-8,10,13H,4,9,16H2,1-3H3,(H,17,19)(H,18,20)/t13-/m0/s1. The molecule has 5 nitrogen and oxygen atoms in total. The molecule has 1 aromatic rings. The van der Waals surface area contributed by atoms with Crippen LogP contribution in [0.15, 0.2) is 24.3 Å². The van der Waals surface area contributed by atoms with Gasteiger partial charge in [-0.2, -0.15) is 0 Å². The van der Waals surface area contributed by atoms with E-state index in [2.05, 4.69) is 10.6 Å². The van der Waals surface area contributed by atoms with Crippen LogP contribution in [0.4, 0.5) is 0 Å². The Hall–Kier alpha value is -1.88. The van der Waals surface area contributed by atoms with Gasteiger partial charge in [0.25, 0.3) is 5.91 Å². The summed E-state index contributed by atoms with van der Waals surface area (Å²) in [7, 11) is 0. The van der Waals surface area contributed by atoms with Crippen LogP contribution in [0.3, 0.4) is 0 Å². The highest BCUT2D eigenvalue weighted by molar-refractivity contribution is 5.94. The van der Waals surface area contributed by atoms with Crippen LogP contribution in [-0.2, 0) is 11.3 Å². The number of amides is 2. The smallest absolute Gasteiger partial charge is 0.251 e. The van der Waals surface area contributed by atoms with E-state index in [1.54, 1.807) is 12.1 Å². The average Bonchev–Trinajstić information content (AvgIpc) is 2.44. The number of hydrogen-bond donors (Lipinski definition) is 3. The topological polar surface area (TPSA) is 84.2 Å². The van der Waals surface area contributed by atoms with Gasteiger partial charge in [-0.3, -0.25) is 9.59 Å². The Morgan fingerprint density at radius 1 is 1.15 bits per heavy atom. The predicted molar refractivity (Wildman–Crippen MR) is 79.1 cm³/mol. The molecule has 2 amide bonds. The van der Waals surface area contributed by atoms with Gasteiger partial charge in [-0.1, -0.05) is 26.0 Å². The molecule has 5 heteroatoms. The second-order valence-electron chi connectivity index (χ2n) is 5.04. The van der Waals surface area contributed by atoms with Crippen LogP contribution in [0, 0.1) is 5.92 Å². The maximum Gasteiger partial charge on any atom is 0.251 e. The van der Waals surface area contributed by atoms with Crippen LogP contribution in [0.25, 0.3) is 0 Å². The quantitative estimate of drug-likeness (QED) is 0.726. The zero-order valence-electron chi connectivity index (χ0n) is 12.3. The van der Waals surface area contributed by atoms with Gasteiger partial charge in [-0.15, -0.1) is 0 Å². The van der Waals surface area contributed by atoms with E-state index in [0.717, 1.165) is 5.56 Å². The minimum Gasteiger partial charge on any atom is -0.352 e. The summed E-state index contributed by atoms with van der Waals surface area (Å²) in [5.41, 5.74) is 7.30. The Kier molecular flexibility index (Phi) is 6.18. The molecule has 0 saturated heterocycles. The van der Waals surface area contributed by atoms with Gasteiger partial charge in [0.15, 0.2) is 0 Å². The van der Waals surface area contributed by atoms with E-state index >= 15 is 0 Å². The molecule has 4 N–H and O–H groups in total. The van der Waals surface area contributed by atoms with Crippen LogP contribution in [0.2, 0.25) is 0 Å². The van der Waals surface area contributed by atoms with Gasteiger partial charge in [-0.25, -0.2) is 0 Å². The Morgan fingerprint density at radius 3 is 2.25 bits per heavy atom. The molecule has 110 valence electrons. The lowest BCUT2D eigenvalue weighted by Gasteiger charge is -2.15. The largest absolute Gasteiger partial charge is 0.352 e. The molecule has 0 aliphatic carbocycles. The number of nitrogens with two attached hydrogens (primary N) is 1. The molecule has 0 aliphatic heterocycles. The second-order valence-corrected chi connectivity index (χ2v) is 5.04. The fourth-order valence-corrected chi connectivity index (χ4v) is 1.65. The molecule has 0 fully saturated rings. The van der Waals surface area contributed by atoms with Crippen LogP contribution in [0.1, 0.15) is 36.7 Å². The third-order valence-electron chi connectivity index (χ3n) is 3.04. The number of carbonyl (C=O) groups excluding carboxylic acids is 2. The molecule has 0 aliphatic rings. The summed E-state index contributed by atoms with van der Waals surface area (Å²) in [6.07, 6.45) is 0. The summed E-state index contributed by atoms with van der Waals surface area (Å²) in [6, 6.07) is 6.64. The maximum absolute atomic E-state index is 11.7. The summed E-state index contributed by atoms with van der Waals surface area (Å²) in [5, 5.41) is 5.52. The zero-order valence-corrected chi connectivity index (χ0v) is 12.3. The first kappa shape index (κ1) is 16.2. The van der Waals surface area contributed by atoms with Gasteiger partial charge < -0.3 is 16.4 Å². The van der Waals surface area contributed by atoms with Crippen LogP contribution in [-0.4, -0.2) is 24.4 Å². The van der Waals surface area contributed by atoms with E-state index in [-0.39, 0.29) is 17.7 Å². The van der Waals surface area contributed by atoms with E-state index in [0.29, 0.717) is 18.7 Å². The molecule has 0 unspecified atom stereocenters. The first-order valence-electron chi connectivity index (χ1n) is 6.86. The molecular formula is C15H23N3O2. The summed E-state index contributed by atoms with van der Waals surface area (Å²) >= 11 is 0. The third-order valence-corrected chi connectivity index (χ3v) is 3.04. The molecule has 0 radical (unpaired) electrons. The number of carbonyl (C=O) groups is 2. The molecule has 1 rings (SSSR count). The molecule has 0 aromatic heterocycles. The fourth-order valence-electron chi connectivity index (χ4n) is 1.65. The van der Waals surface area contributed by atoms with Gasteiger partial charge in [0, 0.05) is 18.7 Å². The third kappa shape index (κ3) is 4.66. The van der Waals surface area contributed by atoms with E-state index < -0.39 is 6.04 Å². The Morgan fingerprint density at radius 2 is 1.75 bits per heavy atom. The predicted octanol–water partition coefficient (Wildman–Crippen LogP) is 1.04. The molecule has 1 aromatic carbocycles. The van der Waals surface area contributed by atoms with Crippen molar-refractivity contribution < 1.29 is 9.59 Å². The number of nitrogens with one attached hydrogen (secondary N) is 2. The Bertz CT molecular complexity index is 455. The lowest BCUT2D eigenvalue weighted by molar-refractivity contribution is -0.123. The molecular weight excluding hydrogens is 254 g/mol. The Balaban J connectivity index is 2.54. The van der Waals surface area contributed by atoms with Crippen molar-refractivity contribution in [3.63, 3.8) is 0 Å². The first-order valence-corrected chi connectivity index (χ1v) is 6.86. The Labute approximate surface area is 119 Å². The molecule has 0 spiro atoms. The summed E-state index contributed by atoms with van der Waals surface area (Å²) in [6.45, 7) is 6.70. The fraction of sp³-hybridized carbons (Fsp3) is 0.467. The van der Waals surface area contributed by atoms with Crippen molar-refractivity contribution in [3.8, 4) is 0 Å². The second kappa shape index (κ2) is 7.65. The van der Waals surface area contributed by atoms with E-state index in [1.165, 1.54) is 0 Å². The summed E-state index contributed by atoms with van der Waals surface area (Å²) in [5.74, 6) is -0.146. The molecule has 20 heavy (non-hydrogen) atoms. The van der Waals surface area contributed by atoms with Gasteiger partial charge in [-0.05, 0) is 30.5 Å². The normalized spacial score (nSPS) is 12.1. The van der Waals surface area contributed by atoms with Crippen LogP contribution in [0.5, 0.6) is 0 Å².